The maximum Gasteiger partial charge on any atom is 0.405 e. The van der Waals surface area contributed by atoms with Gasteiger partial charge >= 0.3 is 6.09 Å². The van der Waals surface area contributed by atoms with Gasteiger partial charge in [-0.25, -0.2) is 4.79 Å². The average Bonchev–Trinajstić information content (AvgIpc) is 2.85. The lowest BCUT2D eigenvalue weighted by Gasteiger charge is -2.25. The van der Waals surface area contributed by atoms with Crippen LogP contribution >= 0.6 is 0 Å². The molecule has 1 aromatic heterocycles. The van der Waals surface area contributed by atoms with Crippen LogP contribution in [0.2, 0.25) is 0 Å². The molecule has 1 aliphatic rings. The molecule has 0 saturated heterocycles. The van der Waals surface area contributed by atoms with Gasteiger partial charge in [0.1, 0.15) is 0 Å². The van der Waals surface area contributed by atoms with Crippen molar-refractivity contribution in [3.8, 4) is 22.4 Å². The highest BCUT2D eigenvalue weighted by atomic mass is 16.4. The Hall–Kier alpha value is -3.71. The predicted octanol–water partition coefficient (Wildman–Crippen LogP) is 5.76. The number of amides is 2. The molecular weight excluding hydrogens is 452 g/mol. The summed E-state index contributed by atoms with van der Waals surface area (Å²) < 4.78 is 0. The lowest BCUT2D eigenvalue weighted by Crippen LogP contribution is -2.39. The third-order valence-corrected chi connectivity index (χ3v) is 6.92. The van der Waals surface area contributed by atoms with Crippen molar-refractivity contribution in [1.29, 1.82) is 0 Å². The highest BCUT2D eigenvalue weighted by molar-refractivity contribution is 5.93. The van der Waals surface area contributed by atoms with Crippen molar-refractivity contribution in [3.05, 3.63) is 72.4 Å². The second kappa shape index (κ2) is 10.9. The minimum atomic E-state index is -1.07. The maximum absolute atomic E-state index is 12.8. The van der Waals surface area contributed by atoms with Crippen LogP contribution in [0, 0.1) is 5.92 Å². The number of hydrogen-bond donors (Lipinski definition) is 4. The number of nitrogens with two attached hydrogens (primary N) is 1. The SMILES string of the molecule is CC(C)(NC(=O)O)c1ccc(-c2ncc(NC(=O)CC3CCC(N)CC3)cc2-c2ccccc2)cc1. The summed E-state index contributed by atoms with van der Waals surface area (Å²) in [5.74, 6) is 0.380. The van der Waals surface area contributed by atoms with Gasteiger partial charge in [-0.15, -0.1) is 0 Å². The first-order valence-electron chi connectivity index (χ1n) is 12.4. The molecule has 1 heterocycles. The first-order valence-corrected chi connectivity index (χ1v) is 12.4. The Labute approximate surface area is 212 Å². The molecule has 1 aliphatic carbocycles. The van der Waals surface area contributed by atoms with Crippen LogP contribution in [0.15, 0.2) is 66.9 Å². The van der Waals surface area contributed by atoms with Gasteiger partial charge in [0.05, 0.1) is 23.1 Å². The number of hydrogen-bond acceptors (Lipinski definition) is 4. The minimum Gasteiger partial charge on any atom is -0.465 e. The first-order chi connectivity index (χ1) is 17.2. The molecule has 0 unspecified atom stereocenters. The zero-order chi connectivity index (χ0) is 25.7. The summed E-state index contributed by atoms with van der Waals surface area (Å²) in [6.07, 6.45) is 5.08. The van der Waals surface area contributed by atoms with E-state index in [2.05, 4.69) is 10.6 Å². The lowest BCUT2D eigenvalue weighted by atomic mass is 9.84. The third kappa shape index (κ3) is 6.29. The molecule has 0 aliphatic heterocycles. The van der Waals surface area contributed by atoms with Crippen molar-refractivity contribution < 1.29 is 14.7 Å². The second-order valence-electron chi connectivity index (χ2n) is 10.2. The molecule has 4 rings (SSSR count). The Morgan fingerprint density at radius 1 is 1.00 bits per heavy atom. The van der Waals surface area contributed by atoms with E-state index < -0.39 is 11.6 Å². The van der Waals surface area contributed by atoms with Crippen molar-refractivity contribution in [2.24, 2.45) is 11.7 Å². The van der Waals surface area contributed by atoms with Crippen LogP contribution in [-0.4, -0.2) is 28.1 Å². The van der Waals surface area contributed by atoms with Gasteiger partial charge in [0.2, 0.25) is 5.91 Å². The van der Waals surface area contributed by atoms with Crippen LogP contribution in [0.5, 0.6) is 0 Å². The maximum atomic E-state index is 12.8. The highest BCUT2D eigenvalue weighted by Crippen LogP contribution is 2.34. The number of rotatable bonds is 7. The van der Waals surface area contributed by atoms with Crippen LogP contribution < -0.4 is 16.4 Å². The van der Waals surface area contributed by atoms with Gasteiger partial charge < -0.3 is 21.5 Å². The Balaban J connectivity index is 1.58. The van der Waals surface area contributed by atoms with Crippen molar-refractivity contribution in [1.82, 2.24) is 10.3 Å². The van der Waals surface area contributed by atoms with E-state index in [9.17, 15) is 9.59 Å². The third-order valence-electron chi connectivity index (χ3n) is 6.92. The van der Waals surface area contributed by atoms with Gasteiger partial charge in [-0.05, 0) is 62.6 Å². The number of nitrogens with one attached hydrogen (secondary N) is 2. The Bertz CT molecular complexity index is 1200. The van der Waals surface area contributed by atoms with Gasteiger partial charge in [0.15, 0.2) is 0 Å². The van der Waals surface area contributed by atoms with Crippen LogP contribution in [0.3, 0.4) is 0 Å². The number of anilines is 1. The summed E-state index contributed by atoms with van der Waals surface area (Å²) in [5.41, 5.74) is 10.4. The fourth-order valence-corrected chi connectivity index (χ4v) is 4.85. The molecule has 0 bridgehead atoms. The van der Waals surface area contributed by atoms with Crippen LogP contribution in [0.1, 0.15) is 51.5 Å². The smallest absolute Gasteiger partial charge is 0.405 e. The number of carboxylic acid groups (broad SMARTS) is 1. The van der Waals surface area contributed by atoms with Gasteiger partial charge in [-0.3, -0.25) is 9.78 Å². The fraction of sp³-hybridized carbons (Fsp3) is 0.345. The summed E-state index contributed by atoms with van der Waals surface area (Å²) in [6.45, 7) is 3.64. The molecule has 7 heteroatoms. The van der Waals surface area contributed by atoms with E-state index in [1.165, 1.54) is 0 Å². The molecule has 2 amide bonds. The molecule has 7 nitrogen and oxygen atoms in total. The van der Waals surface area contributed by atoms with E-state index in [4.69, 9.17) is 15.8 Å². The van der Waals surface area contributed by atoms with E-state index in [1.54, 1.807) is 6.20 Å². The summed E-state index contributed by atoms with van der Waals surface area (Å²) in [5, 5.41) is 14.7. The minimum absolute atomic E-state index is 0.00143. The number of carbonyl (C=O) groups excluding carboxylic acids is 1. The number of carbonyl (C=O) groups is 2. The topological polar surface area (TPSA) is 117 Å². The van der Waals surface area contributed by atoms with Crippen LogP contribution in [0.4, 0.5) is 10.5 Å². The normalized spacial score (nSPS) is 17.9. The van der Waals surface area contributed by atoms with Gasteiger partial charge in [-0.1, -0.05) is 54.6 Å². The first kappa shape index (κ1) is 25.4. The van der Waals surface area contributed by atoms with Crippen LogP contribution in [0.25, 0.3) is 22.4 Å². The van der Waals surface area contributed by atoms with Crippen LogP contribution in [-0.2, 0) is 10.3 Å². The van der Waals surface area contributed by atoms with E-state index >= 15 is 0 Å². The molecule has 36 heavy (non-hydrogen) atoms. The quantitative estimate of drug-likeness (QED) is 0.338. The molecule has 2 aromatic carbocycles. The monoisotopic (exact) mass is 486 g/mol. The number of nitrogens with zero attached hydrogens (tertiary/aromatic N) is 1. The van der Waals surface area contributed by atoms with Crippen molar-refractivity contribution in [2.45, 2.75) is 57.5 Å². The fourth-order valence-electron chi connectivity index (χ4n) is 4.85. The van der Waals surface area contributed by atoms with E-state index in [0.717, 1.165) is 53.6 Å². The van der Waals surface area contributed by atoms with Gasteiger partial charge in [0.25, 0.3) is 0 Å². The molecule has 0 radical (unpaired) electrons. The summed E-state index contributed by atoms with van der Waals surface area (Å²) >= 11 is 0. The van der Waals surface area contributed by atoms with E-state index in [-0.39, 0.29) is 11.9 Å². The van der Waals surface area contributed by atoms with Crippen molar-refractivity contribution >= 4 is 17.7 Å². The number of benzene rings is 2. The van der Waals surface area contributed by atoms with Gasteiger partial charge in [-0.2, -0.15) is 0 Å². The molecule has 188 valence electrons. The Morgan fingerprint density at radius 3 is 2.31 bits per heavy atom. The Kier molecular flexibility index (Phi) is 7.70. The zero-order valence-corrected chi connectivity index (χ0v) is 20.8. The number of aromatic nitrogens is 1. The van der Waals surface area contributed by atoms with Gasteiger partial charge in [0, 0.05) is 23.6 Å². The molecule has 1 saturated carbocycles. The molecule has 3 aromatic rings. The molecular formula is C29H34N4O3. The zero-order valence-electron chi connectivity index (χ0n) is 20.8. The van der Waals surface area contributed by atoms with Crippen molar-refractivity contribution in [2.75, 3.05) is 5.32 Å². The second-order valence-corrected chi connectivity index (χ2v) is 10.2. The summed E-state index contributed by atoms with van der Waals surface area (Å²) in [7, 11) is 0. The predicted molar refractivity (Wildman–Crippen MR) is 142 cm³/mol. The standard InChI is InChI=1S/C29H34N4O3/c1-29(2,33-28(35)36)22-12-10-21(11-13-22)27-25(20-6-4-3-5-7-20)17-24(18-31-27)32-26(34)16-19-8-14-23(30)15-9-19/h3-7,10-13,17-19,23,33H,8-9,14-16,30H2,1-2H3,(H,32,34)(H,35,36). The lowest BCUT2D eigenvalue weighted by molar-refractivity contribution is -0.117. The van der Waals surface area contributed by atoms with Crippen molar-refractivity contribution in [3.63, 3.8) is 0 Å². The van der Waals surface area contributed by atoms with E-state index in [0.29, 0.717) is 18.0 Å². The largest absolute Gasteiger partial charge is 0.465 e. The van der Waals surface area contributed by atoms with E-state index in [1.807, 2.05) is 74.5 Å². The molecule has 0 atom stereocenters. The number of pyridine rings is 1. The molecule has 0 spiro atoms. The molecule has 5 N–H and O–H groups in total. The Morgan fingerprint density at radius 2 is 1.67 bits per heavy atom. The highest BCUT2D eigenvalue weighted by Gasteiger charge is 2.23. The molecule has 1 fully saturated rings. The summed E-state index contributed by atoms with van der Waals surface area (Å²) in [6, 6.07) is 19.9. The average molecular weight is 487 g/mol. The summed E-state index contributed by atoms with van der Waals surface area (Å²) in [4.78, 5) is 28.6.